The van der Waals surface area contributed by atoms with E-state index in [1.165, 1.54) is 0 Å². The third-order valence-corrected chi connectivity index (χ3v) is 5.27. The Balaban J connectivity index is 1.84. The Morgan fingerprint density at radius 1 is 1.38 bits per heavy atom. The Bertz CT molecular complexity index is 691. The van der Waals surface area contributed by atoms with Crippen molar-refractivity contribution >= 4 is 17.2 Å². The number of amides is 1. The van der Waals surface area contributed by atoms with Gasteiger partial charge in [0.05, 0.1) is 10.7 Å². The fraction of sp³-hybridized carbons (Fsp3) is 0.474. The molecule has 1 aromatic heterocycles. The standard InChI is InChI=1S/C19H25N3OS/c1-3-11-22(17-7-9-20-10-8-17)19(23)16-6-4-5-15(12-16)18-13-24-14(2)21-18/h4-6,12-13,17,20H,3,7-11H2,1-2H3. The van der Waals surface area contributed by atoms with Crippen molar-refractivity contribution < 1.29 is 4.79 Å². The monoisotopic (exact) mass is 343 g/mol. The summed E-state index contributed by atoms with van der Waals surface area (Å²) < 4.78 is 0. The van der Waals surface area contributed by atoms with Crippen LogP contribution in [0.15, 0.2) is 29.6 Å². The summed E-state index contributed by atoms with van der Waals surface area (Å²) in [6.45, 7) is 6.95. The van der Waals surface area contributed by atoms with Gasteiger partial charge >= 0.3 is 0 Å². The molecule has 1 fully saturated rings. The lowest BCUT2D eigenvalue weighted by Gasteiger charge is -2.34. The summed E-state index contributed by atoms with van der Waals surface area (Å²) in [5.41, 5.74) is 2.74. The number of carbonyl (C=O) groups is 1. The maximum atomic E-state index is 13.1. The topological polar surface area (TPSA) is 45.2 Å². The SMILES string of the molecule is CCCN(C(=O)c1cccc(-c2csc(C)n2)c1)C1CCNCC1. The largest absolute Gasteiger partial charge is 0.336 e. The predicted molar refractivity (Wildman–Crippen MR) is 99.5 cm³/mol. The lowest BCUT2D eigenvalue weighted by molar-refractivity contribution is 0.0642. The van der Waals surface area contributed by atoms with Crippen LogP contribution in [0.4, 0.5) is 0 Å². The van der Waals surface area contributed by atoms with Gasteiger partial charge in [0.1, 0.15) is 0 Å². The zero-order valence-electron chi connectivity index (χ0n) is 14.4. The zero-order chi connectivity index (χ0) is 16.9. The van der Waals surface area contributed by atoms with Crippen LogP contribution in [0.3, 0.4) is 0 Å². The second-order valence-electron chi connectivity index (χ2n) is 6.31. The van der Waals surface area contributed by atoms with E-state index in [9.17, 15) is 4.79 Å². The molecule has 2 aromatic rings. The molecule has 1 saturated heterocycles. The molecule has 1 aromatic carbocycles. The summed E-state index contributed by atoms with van der Waals surface area (Å²) in [6.07, 6.45) is 3.06. The van der Waals surface area contributed by atoms with Crippen LogP contribution >= 0.6 is 11.3 Å². The number of piperidine rings is 1. The fourth-order valence-electron chi connectivity index (χ4n) is 3.28. The molecule has 0 radical (unpaired) electrons. The third kappa shape index (κ3) is 3.84. The molecule has 0 aliphatic carbocycles. The first-order valence-electron chi connectivity index (χ1n) is 8.73. The van der Waals surface area contributed by atoms with Crippen LogP contribution < -0.4 is 5.32 Å². The van der Waals surface area contributed by atoms with Gasteiger partial charge in [-0.25, -0.2) is 4.98 Å². The number of aryl methyl sites for hydroxylation is 1. The highest BCUT2D eigenvalue weighted by atomic mass is 32.1. The first-order chi connectivity index (χ1) is 11.7. The van der Waals surface area contributed by atoms with E-state index in [1.807, 2.05) is 31.2 Å². The smallest absolute Gasteiger partial charge is 0.254 e. The molecule has 4 nitrogen and oxygen atoms in total. The van der Waals surface area contributed by atoms with Crippen molar-refractivity contribution in [2.75, 3.05) is 19.6 Å². The van der Waals surface area contributed by atoms with Crippen molar-refractivity contribution in [3.8, 4) is 11.3 Å². The minimum Gasteiger partial charge on any atom is -0.336 e. The summed E-state index contributed by atoms with van der Waals surface area (Å²) in [4.78, 5) is 19.7. The number of thiazole rings is 1. The predicted octanol–water partition coefficient (Wildman–Crippen LogP) is 3.72. The van der Waals surface area contributed by atoms with Gasteiger partial charge in [-0.1, -0.05) is 19.1 Å². The molecule has 0 spiro atoms. The van der Waals surface area contributed by atoms with Crippen LogP contribution in [0.25, 0.3) is 11.3 Å². The maximum absolute atomic E-state index is 13.1. The molecule has 128 valence electrons. The molecule has 0 saturated carbocycles. The molecule has 0 atom stereocenters. The van der Waals surface area contributed by atoms with E-state index in [1.54, 1.807) is 11.3 Å². The molecule has 1 N–H and O–H groups in total. The molecule has 3 rings (SSSR count). The summed E-state index contributed by atoms with van der Waals surface area (Å²) in [5.74, 6) is 0.151. The number of nitrogens with one attached hydrogen (secondary N) is 1. The summed E-state index contributed by atoms with van der Waals surface area (Å²) in [7, 11) is 0. The van der Waals surface area contributed by atoms with Gasteiger partial charge in [0.2, 0.25) is 0 Å². The van der Waals surface area contributed by atoms with Crippen molar-refractivity contribution in [2.24, 2.45) is 0 Å². The number of aromatic nitrogens is 1. The molecular formula is C19H25N3OS. The molecule has 2 heterocycles. The number of benzene rings is 1. The second-order valence-corrected chi connectivity index (χ2v) is 7.37. The van der Waals surface area contributed by atoms with Crippen LogP contribution in [0.5, 0.6) is 0 Å². The average Bonchev–Trinajstić information content (AvgIpc) is 3.06. The Labute approximate surface area is 147 Å². The van der Waals surface area contributed by atoms with Crippen molar-refractivity contribution in [3.63, 3.8) is 0 Å². The second kappa shape index (κ2) is 7.90. The molecule has 0 unspecified atom stereocenters. The lowest BCUT2D eigenvalue weighted by Crippen LogP contribution is -2.46. The average molecular weight is 343 g/mol. The molecule has 1 aliphatic rings. The Hall–Kier alpha value is -1.72. The van der Waals surface area contributed by atoms with Gasteiger partial charge in [0, 0.05) is 29.1 Å². The molecule has 0 bridgehead atoms. The van der Waals surface area contributed by atoms with Crippen molar-refractivity contribution in [2.45, 2.75) is 39.2 Å². The van der Waals surface area contributed by atoms with Gasteiger partial charge in [-0.15, -0.1) is 11.3 Å². The van der Waals surface area contributed by atoms with Gasteiger partial charge < -0.3 is 10.2 Å². The number of nitrogens with zero attached hydrogens (tertiary/aromatic N) is 2. The van der Waals surface area contributed by atoms with E-state index < -0.39 is 0 Å². The van der Waals surface area contributed by atoms with Crippen molar-refractivity contribution in [1.29, 1.82) is 0 Å². The number of carbonyl (C=O) groups excluding carboxylic acids is 1. The first-order valence-corrected chi connectivity index (χ1v) is 9.61. The molecule has 1 amide bonds. The number of rotatable bonds is 5. The van der Waals surface area contributed by atoms with Crippen LogP contribution in [0, 0.1) is 6.92 Å². The fourth-order valence-corrected chi connectivity index (χ4v) is 3.90. The maximum Gasteiger partial charge on any atom is 0.254 e. The zero-order valence-corrected chi connectivity index (χ0v) is 15.2. The van der Waals surface area contributed by atoms with Gasteiger partial charge in [0.25, 0.3) is 5.91 Å². The molecule has 1 aliphatic heterocycles. The minimum absolute atomic E-state index is 0.151. The molecular weight excluding hydrogens is 318 g/mol. The van der Waals surface area contributed by atoms with E-state index in [0.717, 1.165) is 60.7 Å². The summed E-state index contributed by atoms with van der Waals surface area (Å²) in [6, 6.07) is 8.25. The van der Waals surface area contributed by atoms with Crippen molar-refractivity contribution in [3.05, 3.63) is 40.2 Å². The van der Waals surface area contributed by atoms with E-state index in [4.69, 9.17) is 0 Å². The number of hydrogen-bond donors (Lipinski definition) is 1. The van der Waals surface area contributed by atoms with Crippen molar-refractivity contribution in [1.82, 2.24) is 15.2 Å². The van der Waals surface area contributed by atoms with E-state index in [0.29, 0.717) is 6.04 Å². The Kier molecular flexibility index (Phi) is 5.63. The highest BCUT2D eigenvalue weighted by Crippen LogP contribution is 2.24. The molecule has 5 heteroatoms. The summed E-state index contributed by atoms with van der Waals surface area (Å²) >= 11 is 1.64. The van der Waals surface area contributed by atoms with E-state index >= 15 is 0 Å². The van der Waals surface area contributed by atoms with Crippen LogP contribution in [0.1, 0.15) is 41.6 Å². The van der Waals surface area contributed by atoms with Gasteiger partial charge in [-0.05, 0) is 51.4 Å². The third-order valence-electron chi connectivity index (χ3n) is 4.50. The van der Waals surface area contributed by atoms with E-state index in [-0.39, 0.29) is 5.91 Å². The Morgan fingerprint density at radius 3 is 2.83 bits per heavy atom. The Morgan fingerprint density at radius 2 is 2.17 bits per heavy atom. The molecule has 24 heavy (non-hydrogen) atoms. The highest BCUT2D eigenvalue weighted by Gasteiger charge is 2.25. The summed E-state index contributed by atoms with van der Waals surface area (Å²) in [5, 5.41) is 6.47. The highest BCUT2D eigenvalue weighted by molar-refractivity contribution is 7.09. The lowest BCUT2D eigenvalue weighted by atomic mass is 10.0. The van der Waals surface area contributed by atoms with E-state index in [2.05, 4.69) is 27.5 Å². The van der Waals surface area contributed by atoms with Crippen LogP contribution in [-0.2, 0) is 0 Å². The van der Waals surface area contributed by atoms with Crippen LogP contribution in [0.2, 0.25) is 0 Å². The minimum atomic E-state index is 0.151. The number of hydrogen-bond acceptors (Lipinski definition) is 4. The van der Waals surface area contributed by atoms with Gasteiger partial charge in [-0.3, -0.25) is 4.79 Å². The first kappa shape index (κ1) is 17.1. The van der Waals surface area contributed by atoms with Gasteiger partial charge in [-0.2, -0.15) is 0 Å². The quantitative estimate of drug-likeness (QED) is 0.900. The van der Waals surface area contributed by atoms with Crippen LogP contribution in [-0.4, -0.2) is 41.5 Å². The normalized spacial score (nSPS) is 15.4. The van der Waals surface area contributed by atoms with Gasteiger partial charge in [0.15, 0.2) is 0 Å².